The van der Waals surface area contributed by atoms with Gasteiger partial charge in [-0.1, -0.05) is 32.1 Å². The molecule has 0 unspecified atom stereocenters. The van der Waals surface area contributed by atoms with Gasteiger partial charge in [0, 0.05) is 12.0 Å². The van der Waals surface area contributed by atoms with Crippen molar-refractivity contribution >= 4 is 0 Å². The standard InChI is InChI=1S/C20H28O4/c1-11(2)14-7-6-12(3)15-10-20(22)18(5)8-9-19(21,24-18)13(4)17(23-20)16(14)15/h6,8-9,11,14-17,21-22H,4,7,10H2,1-3,5H3/t14-,15+,16-,17-,18+,19-,20-/m1/s1. The highest BCUT2D eigenvalue weighted by molar-refractivity contribution is 5.36. The van der Waals surface area contributed by atoms with Gasteiger partial charge in [-0.05, 0) is 56.1 Å². The van der Waals surface area contributed by atoms with Crippen LogP contribution in [0.1, 0.15) is 40.5 Å². The molecule has 4 rings (SSSR count). The molecule has 4 heteroatoms. The van der Waals surface area contributed by atoms with Crippen LogP contribution < -0.4 is 0 Å². The van der Waals surface area contributed by atoms with Gasteiger partial charge in [0.15, 0.2) is 5.79 Å². The van der Waals surface area contributed by atoms with Crippen molar-refractivity contribution in [2.24, 2.45) is 23.7 Å². The Morgan fingerprint density at radius 3 is 2.67 bits per heavy atom. The zero-order valence-electron chi connectivity index (χ0n) is 15.0. The minimum Gasteiger partial charge on any atom is -0.363 e. The molecular weight excluding hydrogens is 304 g/mol. The quantitative estimate of drug-likeness (QED) is 0.725. The molecular formula is C20H28O4. The van der Waals surface area contributed by atoms with Crippen LogP contribution >= 0.6 is 0 Å². The molecule has 2 saturated heterocycles. The SMILES string of the molecule is C=C1[C@H]2O[C@](O)(C[C@H]3C(C)=CC[C@H](C(C)C)[C@@H]23)[C@]2(C)C=C[C@@]1(O)O2. The minimum atomic E-state index is -1.56. The van der Waals surface area contributed by atoms with Crippen molar-refractivity contribution in [3.63, 3.8) is 0 Å². The summed E-state index contributed by atoms with van der Waals surface area (Å²) in [5, 5.41) is 22.3. The second-order valence-electron chi connectivity index (χ2n) is 8.57. The fraction of sp³-hybridized carbons (Fsp3) is 0.700. The summed E-state index contributed by atoms with van der Waals surface area (Å²) >= 11 is 0. The van der Waals surface area contributed by atoms with Crippen LogP contribution in [0.25, 0.3) is 0 Å². The van der Waals surface area contributed by atoms with E-state index in [1.807, 2.05) is 0 Å². The van der Waals surface area contributed by atoms with Gasteiger partial charge in [-0.25, -0.2) is 0 Å². The molecule has 2 fully saturated rings. The van der Waals surface area contributed by atoms with Crippen LogP contribution in [0.2, 0.25) is 0 Å². The summed E-state index contributed by atoms with van der Waals surface area (Å²) in [6, 6.07) is 0. The molecule has 1 aliphatic carbocycles. The summed E-state index contributed by atoms with van der Waals surface area (Å²) in [5.74, 6) is -1.69. The normalized spacial score (nSPS) is 53.0. The molecule has 3 aliphatic heterocycles. The Kier molecular flexibility index (Phi) is 3.32. The molecule has 132 valence electrons. The molecule has 0 amide bonds. The summed E-state index contributed by atoms with van der Waals surface area (Å²) in [4.78, 5) is 0. The zero-order chi connectivity index (χ0) is 17.5. The second kappa shape index (κ2) is 4.82. The lowest BCUT2D eigenvalue weighted by Gasteiger charge is -2.54. The Labute approximate surface area is 143 Å². The highest BCUT2D eigenvalue weighted by Crippen LogP contribution is 2.58. The number of allylic oxidation sites excluding steroid dienone is 2. The molecule has 0 spiro atoms. The minimum absolute atomic E-state index is 0.201. The van der Waals surface area contributed by atoms with Gasteiger partial charge in [0.25, 0.3) is 0 Å². The van der Waals surface area contributed by atoms with Crippen LogP contribution in [0, 0.1) is 23.7 Å². The van der Waals surface area contributed by atoms with Gasteiger partial charge >= 0.3 is 0 Å². The summed E-state index contributed by atoms with van der Waals surface area (Å²) in [5.41, 5.74) is 0.734. The summed E-state index contributed by atoms with van der Waals surface area (Å²) in [7, 11) is 0. The number of fused-ring (bicyclic) bond motifs is 7. The molecule has 0 radical (unpaired) electrons. The number of hydrogen-bond acceptors (Lipinski definition) is 4. The van der Waals surface area contributed by atoms with Gasteiger partial charge < -0.3 is 19.7 Å². The summed E-state index contributed by atoms with van der Waals surface area (Å²) < 4.78 is 12.2. The van der Waals surface area contributed by atoms with Gasteiger partial charge in [-0.15, -0.1) is 0 Å². The lowest BCUT2D eigenvalue weighted by atomic mass is 9.60. The third-order valence-electron chi connectivity index (χ3n) is 6.85. The molecule has 24 heavy (non-hydrogen) atoms. The molecule has 4 nitrogen and oxygen atoms in total. The Morgan fingerprint density at radius 2 is 2.00 bits per heavy atom. The molecule has 0 saturated carbocycles. The largest absolute Gasteiger partial charge is 0.363 e. The highest BCUT2D eigenvalue weighted by atomic mass is 16.7. The van der Waals surface area contributed by atoms with Crippen LogP contribution in [0.3, 0.4) is 0 Å². The Morgan fingerprint density at radius 1 is 1.29 bits per heavy atom. The molecule has 0 aromatic heterocycles. The fourth-order valence-electron chi connectivity index (χ4n) is 5.19. The first-order valence-electron chi connectivity index (χ1n) is 8.99. The number of hydrogen-bond donors (Lipinski definition) is 2. The van der Waals surface area contributed by atoms with E-state index in [2.05, 4.69) is 33.4 Å². The fourth-order valence-corrected chi connectivity index (χ4v) is 5.19. The van der Waals surface area contributed by atoms with Gasteiger partial charge in [0.2, 0.25) is 5.79 Å². The first-order chi connectivity index (χ1) is 11.1. The molecule has 4 aliphatic rings. The van der Waals surface area contributed by atoms with Gasteiger partial charge in [0.05, 0.1) is 6.10 Å². The smallest absolute Gasteiger partial charge is 0.211 e. The van der Waals surface area contributed by atoms with Crippen molar-refractivity contribution in [3.05, 3.63) is 36.0 Å². The predicted molar refractivity (Wildman–Crippen MR) is 90.8 cm³/mol. The van der Waals surface area contributed by atoms with E-state index >= 15 is 0 Å². The number of rotatable bonds is 1. The first-order valence-corrected chi connectivity index (χ1v) is 8.99. The van der Waals surface area contributed by atoms with Crippen molar-refractivity contribution in [1.29, 1.82) is 0 Å². The van der Waals surface area contributed by atoms with E-state index in [0.29, 0.717) is 23.8 Å². The molecule has 0 aromatic carbocycles. The third kappa shape index (κ3) is 1.94. The van der Waals surface area contributed by atoms with Crippen molar-refractivity contribution in [2.45, 2.75) is 63.8 Å². The van der Waals surface area contributed by atoms with Gasteiger partial charge in [-0.3, -0.25) is 0 Å². The number of ether oxygens (including phenoxy) is 2. The zero-order valence-corrected chi connectivity index (χ0v) is 15.0. The van der Waals surface area contributed by atoms with Gasteiger partial charge in [-0.2, -0.15) is 0 Å². The Bertz CT molecular complexity index is 650. The van der Waals surface area contributed by atoms with E-state index in [9.17, 15) is 10.2 Å². The van der Waals surface area contributed by atoms with Crippen LogP contribution in [0.15, 0.2) is 36.0 Å². The van der Waals surface area contributed by atoms with E-state index in [-0.39, 0.29) is 11.8 Å². The molecule has 2 N–H and O–H groups in total. The van der Waals surface area contributed by atoms with Crippen molar-refractivity contribution in [2.75, 3.05) is 0 Å². The summed E-state index contributed by atoms with van der Waals surface area (Å²) in [6.07, 6.45) is 6.71. The average molecular weight is 332 g/mol. The highest BCUT2D eigenvalue weighted by Gasteiger charge is 2.66. The average Bonchev–Trinajstić information content (AvgIpc) is 2.83. The maximum absolute atomic E-state index is 11.4. The Hall–Kier alpha value is -0.940. The van der Waals surface area contributed by atoms with Crippen molar-refractivity contribution in [1.82, 2.24) is 0 Å². The molecule has 7 atom stereocenters. The predicted octanol–water partition coefficient (Wildman–Crippen LogP) is 2.92. The van der Waals surface area contributed by atoms with E-state index in [4.69, 9.17) is 9.47 Å². The van der Waals surface area contributed by atoms with Crippen LogP contribution in [-0.4, -0.2) is 33.5 Å². The maximum Gasteiger partial charge on any atom is 0.211 e. The van der Waals surface area contributed by atoms with E-state index in [0.717, 1.165) is 6.42 Å². The van der Waals surface area contributed by atoms with E-state index in [1.165, 1.54) is 5.57 Å². The van der Waals surface area contributed by atoms with Crippen molar-refractivity contribution in [3.8, 4) is 0 Å². The maximum atomic E-state index is 11.4. The van der Waals surface area contributed by atoms with Crippen molar-refractivity contribution < 1.29 is 19.7 Å². The lowest BCUT2D eigenvalue weighted by molar-refractivity contribution is -0.335. The molecule has 0 aromatic rings. The van der Waals surface area contributed by atoms with Crippen LogP contribution in [0.4, 0.5) is 0 Å². The number of aliphatic hydroxyl groups is 2. The third-order valence-corrected chi connectivity index (χ3v) is 6.85. The topological polar surface area (TPSA) is 58.9 Å². The van der Waals surface area contributed by atoms with E-state index < -0.39 is 23.3 Å². The van der Waals surface area contributed by atoms with E-state index in [1.54, 1.807) is 19.1 Å². The molecule has 4 bridgehead atoms. The second-order valence-corrected chi connectivity index (χ2v) is 8.57. The lowest BCUT2D eigenvalue weighted by Crippen LogP contribution is -2.61. The monoisotopic (exact) mass is 332 g/mol. The first kappa shape index (κ1) is 16.5. The van der Waals surface area contributed by atoms with Gasteiger partial charge in [0.1, 0.15) is 5.60 Å². The Balaban J connectivity index is 1.87. The van der Waals surface area contributed by atoms with Crippen LogP contribution in [-0.2, 0) is 9.47 Å². The molecule has 3 heterocycles. The van der Waals surface area contributed by atoms with Crippen LogP contribution in [0.5, 0.6) is 0 Å². The summed E-state index contributed by atoms with van der Waals surface area (Å²) in [6.45, 7) is 12.5.